The van der Waals surface area contributed by atoms with Crippen LogP contribution in [0, 0.1) is 24.2 Å². The standard InChI is InChI=1S/C22H29N5O2S/c1-14(2)12-18(21(29)24-11-10-23)25-22-20(15(3)26-30-22)17-8-6-16(7-9-17)19(28)13-27(4)5/h6-9,14,18,25H,11-13H2,1-5H3,(H,24,29)/t18-/m0/s1. The molecule has 0 aliphatic heterocycles. The van der Waals surface area contributed by atoms with Crippen LogP contribution in [0.25, 0.3) is 11.1 Å². The minimum Gasteiger partial charge on any atom is -0.364 e. The average molecular weight is 428 g/mol. The van der Waals surface area contributed by atoms with E-state index in [0.29, 0.717) is 24.4 Å². The molecule has 0 saturated heterocycles. The second kappa shape index (κ2) is 10.9. The van der Waals surface area contributed by atoms with E-state index in [1.807, 2.05) is 56.3 Å². The average Bonchev–Trinajstić information content (AvgIpc) is 3.05. The third-order valence-corrected chi connectivity index (χ3v) is 5.36. The fourth-order valence-electron chi connectivity index (χ4n) is 3.12. The van der Waals surface area contributed by atoms with Crippen molar-refractivity contribution in [3.05, 3.63) is 35.5 Å². The topological polar surface area (TPSA) is 98.1 Å². The number of nitriles is 1. The number of Topliss-reactive ketones (excluding diaryl/α,β-unsaturated/α-hetero) is 1. The molecule has 8 heteroatoms. The summed E-state index contributed by atoms with van der Waals surface area (Å²) in [6, 6.07) is 8.96. The van der Waals surface area contributed by atoms with E-state index in [0.717, 1.165) is 21.8 Å². The summed E-state index contributed by atoms with van der Waals surface area (Å²) in [5.41, 5.74) is 3.38. The molecule has 1 atom stereocenters. The van der Waals surface area contributed by atoms with Crippen molar-refractivity contribution in [3.63, 3.8) is 0 Å². The van der Waals surface area contributed by atoms with Crippen molar-refractivity contribution in [3.8, 4) is 17.2 Å². The zero-order valence-corrected chi connectivity index (χ0v) is 19.0. The maximum atomic E-state index is 12.5. The molecule has 0 saturated carbocycles. The number of ketones is 1. The smallest absolute Gasteiger partial charge is 0.243 e. The Morgan fingerprint density at radius 3 is 2.47 bits per heavy atom. The molecule has 2 rings (SSSR count). The van der Waals surface area contributed by atoms with E-state index < -0.39 is 6.04 Å². The zero-order valence-electron chi connectivity index (χ0n) is 18.2. The van der Waals surface area contributed by atoms with Gasteiger partial charge in [0, 0.05) is 11.1 Å². The maximum absolute atomic E-state index is 12.5. The number of carbonyl (C=O) groups excluding carboxylic acids is 2. The maximum Gasteiger partial charge on any atom is 0.243 e. The van der Waals surface area contributed by atoms with Crippen LogP contribution >= 0.6 is 11.5 Å². The molecule has 1 aromatic carbocycles. The number of nitrogens with one attached hydrogen (secondary N) is 2. The monoisotopic (exact) mass is 427 g/mol. The summed E-state index contributed by atoms with van der Waals surface area (Å²) in [4.78, 5) is 26.6. The molecule has 0 radical (unpaired) electrons. The van der Waals surface area contributed by atoms with Gasteiger partial charge in [0.05, 0.1) is 18.3 Å². The van der Waals surface area contributed by atoms with Crippen molar-refractivity contribution in [1.82, 2.24) is 14.6 Å². The molecular formula is C22H29N5O2S. The number of hydrogen-bond donors (Lipinski definition) is 2. The Bertz CT molecular complexity index is 913. The van der Waals surface area contributed by atoms with Crippen LogP contribution in [0.4, 0.5) is 5.00 Å². The van der Waals surface area contributed by atoms with Crippen LogP contribution in [0.2, 0.25) is 0 Å². The van der Waals surface area contributed by atoms with Gasteiger partial charge in [-0.15, -0.1) is 0 Å². The van der Waals surface area contributed by atoms with Crippen LogP contribution < -0.4 is 10.6 Å². The van der Waals surface area contributed by atoms with Gasteiger partial charge >= 0.3 is 0 Å². The number of rotatable bonds is 10. The molecule has 0 spiro atoms. The number of aromatic nitrogens is 1. The van der Waals surface area contributed by atoms with E-state index in [1.165, 1.54) is 11.5 Å². The van der Waals surface area contributed by atoms with Crippen LogP contribution in [0.15, 0.2) is 24.3 Å². The van der Waals surface area contributed by atoms with Gasteiger partial charge in [-0.1, -0.05) is 38.1 Å². The van der Waals surface area contributed by atoms with Gasteiger partial charge < -0.3 is 15.5 Å². The largest absolute Gasteiger partial charge is 0.364 e. The summed E-state index contributed by atoms with van der Waals surface area (Å²) < 4.78 is 4.47. The minimum atomic E-state index is -0.460. The summed E-state index contributed by atoms with van der Waals surface area (Å²) in [5, 5.41) is 15.5. The van der Waals surface area contributed by atoms with Gasteiger partial charge in [0.1, 0.15) is 17.6 Å². The highest BCUT2D eigenvalue weighted by Gasteiger charge is 2.23. The van der Waals surface area contributed by atoms with E-state index in [2.05, 4.69) is 28.9 Å². The minimum absolute atomic E-state index is 0.0217. The Kier molecular flexibility index (Phi) is 8.51. The number of likely N-dealkylation sites (N-methyl/N-ethyl adjacent to an activating group) is 1. The summed E-state index contributed by atoms with van der Waals surface area (Å²) in [7, 11) is 3.73. The summed E-state index contributed by atoms with van der Waals surface area (Å²) in [6.45, 7) is 6.37. The molecule has 0 aliphatic carbocycles. The first-order chi connectivity index (χ1) is 14.2. The first kappa shape index (κ1) is 23.5. The molecule has 2 N–H and O–H groups in total. The van der Waals surface area contributed by atoms with Crippen LogP contribution in [0.3, 0.4) is 0 Å². The zero-order chi connectivity index (χ0) is 22.3. The number of aryl methyl sites for hydroxylation is 1. The van der Waals surface area contributed by atoms with Crippen molar-refractivity contribution < 1.29 is 9.59 Å². The van der Waals surface area contributed by atoms with Crippen LogP contribution in [-0.2, 0) is 4.79 Å². The lowest BCUT2D eigenvalue weighted by molar-refractivity contribution is -0.121. The molecule has 0 aliphatic rings. The highest BCUT2D eigenvalue weighted by atomic mass is 32.1. The molecular weight excluding hydrogens is 398 g/mol. The van der Waals surface area contributed by atoms with Crippen LogP contribution in [0.5, 0.6) is 0 Å². The van der Waals surface area contributed by atoms with Gasteiger partial charge in [-0.25, -0.2) is 0 Å². The third kappa shape index (κ3) is 6.37. The van der Waals surface area contributed by atoms with Gasteiger partial charge in [-0.2, -0.15) is 9.64 Å². The molecule has 0 fully saturated rings. The van der Waals surface area contributed by atoms with Gasteiger partial charge in [-0.05, 0) is 50.5 Å². The van der Waals surface area contributed by atoms with E-state index in [1.54, 1.807) is 0 Å². The van der Waals surface area contributed by atoms with Crippen molar-refractivity contribution in [2.45, 2.75) is 33.2 Å². The normalized spacial score (nSPS) is 11.9. The quantitative estimate of drug-likeness (QED) is 0.446. The lowest BCUT2D eigenvalue weighted by atomic mass is 10.0. The SMILES string of the molecule is Cc1nsc(N[C@@H](CC(C)C)C(=O)NCC#N)c1-c1ccc(C(=O)CN(C)C)cc1. The number of anilines is 1. The Balaban J connectivity index is 2.27. The van der Waals surface area contributed by atoms with E-state index in [-0.39, 0.29) is 18.2 Å². The molecule has 7 nitrogen and oxygen atoms in total. The number of amides is 1. The Labute approximate surface area is 182 Å². The van der Waals surface area contributed by atoms with Crippen molar-refractivity contribution in [2.24, 2.45) is 5.92 Å². The fraction of sp³-hybridized carbons (Fsp3) is 0.455. The molecule has 1 aromatic heterocycles. The first-order valence-corrected chi connectivity index (χ1v) is 10.7. The first-order valence-electron chi connectivity index (χ1n) is 9.88. The van der Waals surface area contributed by atoms with Crippen molar-refractivity contribution in [2.75, 3.05) is 32.5 Å². The number of nitrogens with zero attached hydrogens (tertiary/aromatic N) is 3. The Hall–Kier alpha value is -2.76. The van der Waals surface area contributed by atoms with Gasteiger partial charge in [0.25, 0.3) is 0 Å². The second-order valence-corrected chi connectivity index (χ2v) is 8.69. The predicted molar refractivity (Wildman–Crippen MR) is 121 cm³/mol. The lowest BCUT2D eigenvalue weighted by Gasteiger charge is -2.20. The molecule has 2 aromatic rings. The van der Waals surface area contributed by atoms with Crippen LogP contribution in [0.1, 0.15) is 36.3 Å². The second-order valence-electron chi connectivity index (χ2n) is 7.91. The summed E-state index contributed by atoms with van der Waals surface area (Å²) in [6.07, 6.45) is 0.631. The number of carbonyl (C=O) groups is 2. The summed E-state index contributed by atoms with van der Waals surface area (Å²) >= 11 is 1.31. The van der Waals surface area contributed by atoms with E-state index >= 15 is 0 Å². The summed E-state index contributed by atoms with van der Waals surface area (Å²) in [5.74, 6) is 0.165. The van der Waals surface area contributed by atoms with Crippen LogP contribution in [-0.4, -0.2) is 54.2 Å². The van der Waals surface area contributed by atoms with Crippen molar-refractivity contribution >= 4 is 28.2 Å². The molecule has 1 amide bonds. The predicted octanol–water partition coefficient (Wildman–Crippen LogP) is 3.33. The molecule has 0 bridgehead atoms. The van der Waals surface area contributed by atoms with E-state index in [4.69, 9.17) is 5.26 Å². The molecule has 160 valence electrons. The van der Waals surface area contributed by atoms with E-state index in [9.17, 15) is 9.59 Å². The third-order valence-electron chi connectivity index (χ3n) is 4.49. The highest BCUT2D eigenvalue weighted by Crippen LogP contribution is 2.35. The number of hydrogen-bond acceptors (Lipinski definition) is 7. The highest BCUT2D eigenvalue weighted by molar-refractivity contribution is 7.11. The Morgan fingerprint density at radius 1 is 1.23 bits per heavy atom. The van der Waals surface area contributed by atoms with Gasteiger partial charge in [0.2, 0.25) is 5.91 Å². The van der Waals surface area contributed by atoms with Crippen molar-refractivity contribution in [1.29, 1.82) is 5.26 Å². The lowest BCUT2D eigenvalue weighted by Crippen LogP contribution is -2.40. The molecule has 1 heterocycles. The fourth-order valence-corrected chi connectivity index (χ4v) is 3.99. The van der Waals surface area contributed by atoms with Gasteiger partial charge in [0.15, 0.2) is 5.78 Å². The van der Waals surface area contributed by atoms with Gasteiger partial charge in [-0.3, -0.25) is 9.59 Å². The Morgan fingerprint density at radius 2 is 1.90 bits per heavy atom. The molecule has 0 unspecified atom stereocenters. The number of benzene rings is 1. The molecule has 30 heavy (non-hydrogen) atoms.